The summed E-state index contributed by atoms with van der Waals surface area (Å²) in [5, 5.41) is 6.03. The van der Waals surface area contributed by atoms with Crippen LogP contribution in [0.5, 0.6) is 0 Å². The van der Waals surface area contributed by atoms with Crippen LogP contribution >= 0.6 is 11.8 Å². The molecule has 146 valence electrons. The molecule has 4 rings (SSSR count). The number of hydrogen-bond donors (Lipinski definition) is 1. The van der Waals surface area contributed by atoms with E-state index in [1.807, 2.05) is 60.7 Å². The maximum atomic E-state index is 12.8. The first-order valence-corrected chi connectivity index (χ1v) is 10.4. The van der Waals surface area contributed by atoms with Crippen LogP contribution in [0, 0.1) is 0 Å². The number of hydrogen-bond acceptors (Lipinski definition) is 4. The van der Waals surface area contributed by atoms with Crippen molar-refractivity contribution in [1.82, 2.24) is 9.55 Å². The fourth-order valence-corrected chi connectivity index (χ4v) is 3.99. The molecule has 0 bridgehead atoms. The number of aromatic nitrogens is 2. The highest BCUT2D eigenvalue weighted by Gasteiger charge is 2.12. The van der Waals surface area contributed by atoms with Gasteiger partial charge in [-0.05, 0) is 47.0 Å². The van der Waals surface area contributed by atoms with E-state index in [-0.39, 0.29) is 17.2 Å². The van der Waals surface area contributed by atoms with E-state index >= 15 is 0 Å². The number of carbonyl (C=O) groups is 1. The molecule has 0 saturated carbocycles. The summed E-state index contributed by atoms with van der Waals surface area (Å²) in [6.45, 7) is 2.09. The highest BCUT2D eigenvalue weighted by molar-refractivity contribution is 7.99. The third-order valence-corrected chi connectivity index (χ3v) is 5.91. The lowest BCUT2D eigenvalue weighted by Crippen LogP contribution is -2.21. The summed E-state index contributed by atoms with van der Waals surface area (Å²) in [4.78, 5) is 29.8. The summed E-state index contributed by atoms with van der Waals surface area (Å²) in [5.41, 5.74) is 2.52. The zero-order chi connectivity index (χ0) is 20.4. The molecule has 1 amide bonds. The summed E-state index contributed by atoms with van der Waals surface area (Å²) in [6.07, 6.45) is 0.959. The molecule has 1 heterocycles. The van der Waals surface area contributed by atoms with E-state index in [1.54, 1.807) is 7.05 Å². The molecule has 0 radical (unpaired) electrons. The third kappa shape index (κ3) is 4.03. The highest BCUT2D eigenvalue weighted by atomic mass is 32.2. The lowest BCUT2D eigenvalue weighted by atomic mass is 10.1. The van der Waals surface area contributed by atoms with Crippen molar-refractivity contribution in [3.63, 3.8) is 0 Å². The molecule has 0 aliphatic heterocycles. The summed E-state index contributed by atoms with van der Waals surface area (Å²) in [6, 6.07) is 19.5. The van der Waals surface area contributed by atoms with Crippen LogP contribution in [0.3, 0.4) is 0 Å². The zero-order valence-corrected chi connectivity index (χ0v) is 17.1. The smallest absolute Gasteiger partial charge is 0.261 e. The number of carbonyl (C=O) groups excluding carboxylic acids is 1. The largest absolute Gasteiger partial charge is 0.325 e. The number of thioether (sulfide) groups is 1. The van der Waals surface area contributed by atoms with Gasteiger partial charge in [-0.2, -0.15) is 0 Å². The van der Waals surface area contributed by atoms with Crippen molar-refractivity contribution in [3.8, 4) is 0 Å². The van der Waals surface area contributed by atoms with Crippen molar-refractivity contribution in [2.24, 2.45) is 7.05 Å². The molecule has 6 heteroatoms. The molecule has 29 heavy (non-hydrogen) atoms. The van der Waals surface area contributed by atoms with Crippen LogP contribution in [0.4, 0.5) is 5.69 Å². The first kappa shape index (κ1) is 19.2. The number of amides is 1. The standard InChI is InChI=1S/C23H21N3O2S/c1-3-15-8-10-18(11-9-15)24-21(27)14-29-23-25-20-13-17-7-5-4-6-16(17)12-19(20)22(28)26(23)2/h4-13H,3,14H2,1-2H3,(H,24,27). The van der Waals surface area contributed by atoms with Crippen LogP contribution in [0.1, 0.15) is 12.5 Å². The van der Waals surface area contributed by atoms with Crippen LogP contribution in [0.25, 0.3) is 21.7 Å². The van der Waals surface area contributed by atoms with Gasteiger partial charge >= 0.3 is 0 Å². The second kappa shape index (κ2) is 8.09. The van der Waals surface area contributed by atoms with E-state index < -0.39 is 0 Å². The molecular formula is C23H21N3O2S. The van der Waals surface area contributed by atoms with Crippen molar-refractivity contribution in [3.05, 3.63) is 76.6 Å². The molecule has 1 N–H and O–H groups in total. The molecule has 0 spiro atoms. The number of aryl methyl sites for hydroxylation is 1. The number of benzene rings is 3. The Morgan fingerprint density at radius 1 is 1.07 bits per heavy atom. The van der Waals surface area contributed by atoms with Crippen LogP contribution < -0.4 is 10.9 Å². The average Bonchev–Trinajstić information content (AvgIpc) is 2.75. The second-order valence-corrected chi connectivity index (χ2v) is 7.80. The summed E-state index contributed by atoms with van der Waals surface area (Å²) < 4.78 is 1.51. The van der Waals surface area contributed by atoms with Gasteiger partial charge in [-0.1, -0.05) is 55.1 Å². The molecule has 0 atom stereocenters. The second-order valence-electron chi connectivity index (χ2n) is 6.86. The van der Waals surface area contributed by atoms with Gasteiger partial charge in [0.1, 0.15) is 0 Å². The molecule has 4 aromatic rings. The number of fused-ring (bicyclic) bond motifs is 2. The van der Waals surface area contributed by atoms with Gasteiger partial charge in [0.05, 0.1) is 16.7 Å². The van der Waals surface area contributed by atoms with Crippen molar-refractivity contribution in [1.29, 1.82) is 0 Å². The van der Waals surface area contributed by atoms with E-state index in [9.17, 15) is 9.59 Å². The van der Waals surface area contributed by atoms with Gasteiger partial charge in [0.15, 0.2) is 5.16 Å². The Bertz CT molecular complexity index is 1260. The summed E-state index contributed by atoms with van der Waals surface area (Å²) in [7, 11) is 1.69. The molecule has 0 fully saturated rings. The van der Waals surface area contributed by atoms with Crippen molar-refractivity contribution < 1.29 is 4.79 Å². The van der Waals surface area contributed by atoms with Crippen molar-refractivity contribution in [2.45, 2.75) is 18.5 Å². The van der Waals surface area contributed by atoms with Crippen LogP contribution in [0.2, 0.25) is 0 Å². The molecular weight excluding hydrogens is 382 g/mol. The van der Waals surface area contributed by atoms with Crippen molar-refractivity contribution in [2.75, 3.05) is 11.1 Å². The van der Waals surface area contributed by atoms with Gasteiger partial charge in [0.25, 0.3) is 5.56 Å². The van der Waals surface area contributed by atoms with E-state index in [4.69, 9.17) is 0 Å². The van der Waals surface area contributed by atoms with Gasteiger partial charge < -0.3 is 5.32 Å². The predicted molar refractivity (Wildman–Crippen MR) is 120 cm³/mol. The normalized spacial score (nSPS) is 11.1. The van der Waals surface area contributed by atoms with Crippen LogP contribution in [-0.2, 0) is 18.3 Å². The molecule has 5 nitrogen and oxygen atoms in total. The van der Waals surface area contributed by atoms with Gasteiger partial charge in [0.2, 0.25) is 5.91 Å². The van der Waals surface area contributed by atoms with E-state index in [1.165, 1.54) is 21.9 Å². The SMILES string of the molecule is CCc1ccc(NC(=O)CSc2nc3cc4ccccc4cc3c(=O)n2C)cc1. The Balaban J connectivity index is 1.55. The van der Waals surface area contributed by atoms with E-state index in [0.29, 0.717) is 16.1 Å². The molecule has 0 saturated heterocycles. The Hall–Kier alpha value is -3.12. The molecule has 0 unspecified atom stereocenters. The first-order chi connectivity index (χ1) is 14.0. The summed E-state index contributed by atoms with van der Waals surface area (Å²) in [5.74, 6) is 0.0432. The Morgan fingerprint density at radius 2 is 1.76 bits per heavy atom. The maximum Gasteiger partial charge on any atom is 0.261 e. The van der Waals surface area contributed by atoms with Gasteiger partial charge in [-0.25, -0.2) is 4.98 Å². The fraction of sp³-hybridized carbons (Fsp3) is 0.174. The van der Waals surface area contributed by atoms with Gasteiger partial charge in [-0.3, -0.25) is 14.2 Å². The molecule has 0 aliphatic rings. The Morgan fingerprint density at radius 3 is 2.45 bits per heavy atom. The topological polar surface area (TPSA) is 64.0 Å². The summed E-state index contributed by atoms with van der Waals surface area (Å²) >= 11 is 1.26. The molecule has 3 aromatic carbocycles. The zero-order valence-electron chi connectivity index (χ0n) is 16.3. The minimum absolute atomic E-state index is 0.112. The minimum atomic E-state index is -0.132. The minimum Gasteiger partial charge on any atom is -0.325 e. The van der Waals surface area contributed by atoms with Crippen LogP contribution in [-0.4, -0.2) is 21.2 Å². The lowest BCUT2D eigenvalue weighted by molar-refractivity contribution is -0.113. The van der Waals surface area contributed by atoms with E-state index in [2.05, 4.69) is 17.2 Å². The number of anilines is 1. The Kier molecular flexibility index (Phi) is 5.36. The van der Waals surface area contributed by atoms with Crippen molar-refractivity contribution >= 4 is 45.0 Å². The predicted octanol–water partition coefficient (Wildman–Crippen LogP) is 4.38. The maximum absolute atomic E-state index is 12.8. The van der Waals surface area contributed by atoms with E-state index in [0.717, 1.165) is 22.9 Å². The number of nitrogens with zero attached hydrogens (tertiary/aromatic N) is 2. The monoisotopic (exact) mass is 403 g/mol. The highest BCUT2D eigenvalue weighted by Crippen LogP contribution is 2.22. The Labute approximate surface area is 172 Å². The van der Waals surface area contributed by atoms with Gasteiger partial charge in [-0.15, -0.1) is 0 Å². The lowest BCUT2D eigenvalue weighted by Gasteiger charge is -2.10. The molecule has 1 aromatic heterocycles. The molecule has 0 aliphatic carbocycles. The average molecular weight is 404 g/mol. The third-order valence-electron chi connectivity index (χ3n) is 4.88. The number of rotatable bonds is 5. The van der Waals surface area contributed by atoms with Crippen LogP contribution in [0.15, 0.2) is 70.6 Å². The first-order valence-electron chi connectivity index (χ1n) is 9.46. The number of nitrogens with one attached hydrogen (secondary N) is 1. The van der Waals surface area contributed by atoms with Gasteiger partial charge in [0, 0.05) is 12.7 Å². The fourth-order valence-electron chi connectivity index (χ4n) is 3.22. The quantitative estimate of drug-likeness (QED) is 0.305.